The maximum atomic E-state index is 12.7. The van der Waals surface area contributed by atoms with Gasteiger partial charge in [0, 0.05) is 17.7 Å². The number of nitrogens with zero attached hydrogens (tertiary/aromatic N) is 2. The number of aryl methyl sites for hydroxylation is 3. The molecule has 168 valence electrons. The van der Waals surface area contributed by atoms with Crippen LogP contribution in [0.4, 0.5) is 0 Å². The molecule has 0 spiro atoms. The van der Waals surface area contributed by atoms with Gasteiger partial charge in [-0.15, -0.1) is 0 Å². The minimum Gasteiger partial charge on any atom is -0.340 e. The average Bonchev–Trinajstić information content (AvgIpc) is 3.09. The molecule has 0 saturated carbocycles. The molecule has 3 amide bonds. The topological polar surface area (TPSA) is 105 Å². The minimum atomic E-state index is -0.811. The van der Waals surface area contributed by atoms with E-state index < -0.39 is 17.9 Å². The van der Waals surface area contributed by atoms with E-state index in [0.29, 0.717) is 16.6 Å². The highest BCUT2D eigenvalue weighted by Crippen LogP contribution is 2.17. The molecule has 1 unspecified atom stereocenters. The first-order valence-electron chi connectivity index (χ1n) is 10.7. The van der Waals surface area contributed by atoms with Gasteiger partial charge in [-0.25, -0.2) is 4.98 Å². The second kappa shape index (κ2) is 9.64. The van der Waals surface area contributed by atoms with Crippen LogP contribution in [0.15, 0.2) is 42.5 Å². The number of amides is 3. The number of nitrogens with one attached hydrogen (secondary N) is 3. The minimum absolute atomic E-state index is 0.182. The molecule has 2 aromatic carbocycles. The van der Waals surface area contributed by atoms with Crippen molar-refractivity contribution in [2.45, 2.75) is 47.2 Å². The SMILES string of the molecule is CCn1c(C)nc2cc(C(=O)NNC(=O)C(NC(=O)c3cccc(C)c3)C(C)C)ccc21. The molecule has 32 heavy (non-hydrogen) atoms. The fourth-order valence-corrected chi connectivity index (χ4v) is 3.60. The smallest absolute Gasteiger partial charge is 0.269 e. The lowest BCUT2D eigenvalue weighted by Crippen LogP contribution is -2.54. The van der Waals surface area contributed by atoms with Crippen molar-refractivity contribution in [3.8, 4) is 0 Å². The Morgan fingerprint density at radius 1 is 0.969 bits per heavy atom. The lowest BCUT2D eigenvalue weighted by atomic mass is 10.0. The van der Waals surface area contributed by atoms with E-state index in [0.717, 1.165) is 23.4 Å². The Labute approximate surface area is 187 Å². The second-order valence-corrected chi connectivity index (χ2v) is 8.11. The van der Waals surface area contributed by atoms with Gasteiger partial charge < -0.3 is 9.88 Å². The molecule has 3 aromatic rings. The quantitative estimate of drug-likeness (QED) is 0.518. The van der Waals surface area contributed by atoms with E-state index in [2.05, 4.69) is 25.7 Å². The molecule has 1 aromatic heterocycles. The zero-order valence-electron chi connectivity index (χ0n) is 19.0. The molecule has 1 atom stereocenters. The maximum absolute atomic E-state index is 12.7. The van der Waals surface area contributed by atoms with Crippen LogP contribution in [-0.4, -0.2) is 33.3 Å². The number of hydrazine groups is 1. The first-order chi connectivity index (χ1) is 15.2. The number of hydrogen-bond acceptors (Lipinski definition) is 4. The normalized spacial score (nSPS) is 11.9. The van der Waals surface area contributed by atoms with Crippen molar-refractivity contribution in [3.05, 3.63) is 65.0 Å². The molecule has 0 aliphatic rings. The van der Waals surface area contributed by atoms with E-state index in [4.69, 9.17) is 0 Å². The van der Waals surface area contributed by atoms with Gasteiger partial charge in [0.25, 0.3) is 17.7 Å². The van der Waals surface area contributed by atoms with Crippen molar-refractivity contribution in [2.24, 2.45) is 5.92 Å². The Morgan fingerprint density at radius 3 is 2.34 bits per heavy atom. The van der Waals surface area contributed by atoms with Crippen LogP contribution < -0.4 is 16.2 Å². The molecule has 8 heteroatoms. The highest BCUT2D eigenvalue weighted by molar-refractivity contribution is 6.00. The molecule has 3 N–H and O–H groups in total. The number of carbonyl (C=O) groups is 3. The maximum Gasteiger partial charge on any atom is 0.269 e. The summed E-state index contributed by atoms with van der Waals surface area (Å²) in [6.45, 7) is 10.3. The number of hydrogen-bond donors (Lipinski definition) is 3. The third-order valence-electron chi connectivity index (χ3n) is 5.33. The first-order valence-corrected chi connectivity index (χ1v) is 10.7. The van der Waals surface area contributed by atoms with Crippen LogP contribution in [0.5, 0.6) is 0 Å². The Hall–Kier alpha value is -3.68. The Bertz CT molecular complexity index is 1170. The van der Waals surface area contributed by atoms with E-state index in [-0.39, 0.29) is 11.8 Å². The lowest BCUT2D eigenvalue weighted by molar-refractivity contribution is -0.124. The summed E-state index contributed by atoms with van der Waals surface area (Å²) >= 11 is 0. The van der Waals surface area contributed by atoms with E-state index in [1.54, 1.807) is 30.3 Å². The molecule has 1 heterocycles. The van der Waals surface area contributed by atoms with Crippen molar-refractivity contribution in [1.29, 1.82) is 0 Å². The van der Waals surface area contributed by atoms with Crippen molar-refractivity contribution in [1.82, 2.24) is 25.7 Å². The van der Waals surface area contributed by atoms with Gasteiger partial charge in [-0.2, -0.15) is 0 Å². The second-order valence-electron chi connectivity index (χ2n) is 8.11. The molecule has 0 bridgehead atoms. The third kappa shape index (κ3) is 4.96. The highest BCUT2D eigenvalue weighted by Gasteiger charge is 2.25. The average molecular weight is 436 g/mol. The third-order valence-corrected chi connectivity index (χ3v) is 5.33. The first kappa shape index (κ1) is 23.0. The Balaban J connectivity index is 1.66. The number of fused-ring (bicyclic) bond motifs is 1. The summed E-state index contributed by atoms with van der Waals surface area (Å²) in [5, 5.41) is 2.75. The summed E-state index contributed by atoms with van der Waals surface area (Å²) in [4.78, 5) is 42.3. The number of imidazole rings is 1. The zero-order chi connectivity index (χ0) is 23.4. The van der Waals surface area contributed by atoms with Crippen LogP contribution in [0.25, 0.3) is 11.0 Å². The predicted molar refractivity (Wildman–Crippen MR) is 123 cm³/mol. The van der Waals surface area contributed by atoms with Crippen molar-refractivity contribution >= 4 is 28.8 Å². The van der Waals surface area contributed by atoms with Gasteiger partial charge >= 0.3 is 0 Å². The summed E-state index contributed by atoms with van der Waals surface area (Å²) in [5.41, 5.74) is 8.33. The van der Waals surface area contributed by atoms with Gasteiger partial charge in [-0.05, 0) is 57.0 Å². The van der Waals surface area contributed by atoms with Crippen LogP contribution in [0.2, 0.25) is 0 Å². The number of aromatic nitrogens is 2. The standard InChI is InChI=1S/C24H29N5O3/c1-6-29-16(5)25-19-13-18(10-11-20(19)29)23(31)27-28-24(32)21(14(2)3)26-22(30)17-9-7-8-15(4)12-17/h7-14,21H,6H2,1-5H3,(H,26,30)(H,27,31)(H,28,32). The molecular weight excluding hydrogens is 406 g/mol. The summed E-state index contributed by atoms with van der Waals surface area (Å²) < 4.78 is 2.06. The van der Waals surface area contributed by atoms with Crippen LogP contribution in [-0.2, 0) is 11.3 Å². The Kier molecular flexibility index (Phi) is 6.92. The molecule has 0 fully saturated rings. The van der Waals surface area contributed by atoms with Crippen molar-refractivity contribution in [2.75, 3.05) is 0 Å². The number of benzene rings is 2. The summed E-state index contributed by atoms with van der Waals surface area (Å²) in [6.07, 6.45) is 0. The van der Waals surface area contributed by atoms with Gasteiger partial charge in [0.05, 0.1) is 11.0 Å². The highest BCUT2D eigenvalue weighted by atomic mass is 16.2. The monoisotopic (exact) mass is 435 g/mol. The number of rotatable bonds is 6. The van der Waals surface area contributed by atoms with Crippen LogP contribution >= 0.6 is 0 Å². The summed E-state index contributed by atoms with van der Waals surface area (Å²) in [7, 11) is 0. The fourth-order valence-electron chi connectivity index (χ4n) is 3.60. The molecule has 3 rings (SSSR count). The molecule has 0 radical (unpaired) electrons. The van der Waals surface area contributed by atoms with Crippen LogP contribution in [0, 0.1) is 19.8 Å². The fraction of sp³-hybridized carbons (Fsp3) is 0.333. The van der Waals surface area contributed by atoms with E-state index in [9.17, 15) is 14.4 Å². The van der Waals surface area contributed by atoms with Crippen molar-refractivity contribution in [3.63, 3.8) is 0 Å². The summed E-state index contributed by atoms with van der Waals surface area (Å²) in [6, 6.07) is 11.5. The molecule has 8 nitrogen and oxygen atoms in total. The van der Waals surface area contributed by atoms with Gasteiger partial charge in [-0.1, -0.05) is 31.5 Å². The van der Waals surface area contributed by atoms with Gasteiger partial charge in [-0.3, -0.25) is 25.2 Å². The molecule has 0 aliphatic carbocycles. The van der Waals surface area contributed by atoms with Crippen LogP contribution in [0.3, 0.4) is 0 Å². The van der Waals surface area contributed by atoms with E-state index in [1.165, 1.54) is 0 Å². The Morgan fingerprint density at radius 2 is 1.69 bits per heavy atom. The molecular formula is C24H29N5O3. The zero-order valence-corrected chi connectivity index (χ0v) is 19.0. The van der Waals surface area contributed by atoms with Gasteiger partial charge in [0.15, 0.2) is 0 Å². The number of carbonyl (C=O) groups excluding carboxylic acids is 3. The van der Waals surface area contributed by atoms with Gasteiger partial charge in [0.1, 0.15) is 11.9 Å². The molecule has 0 saturated heterocycles. The van der Waals surface area contributed by atoms with E-state index in [1.807, 2.05) is 46.8 Å². The van der Waals surface area contributed by atoms with Gasteiger partial charge in [0.2, 0.25) is 0 Å². The predicted octanol–water partition coefficient (Wildman–Crippen LogP) is 2.89. The summed E-state index contributed by atoms with van der Waals surface area (Å²) in [5.74, 6) is -0.616. The lowest BCUT2D eigenvalue weighted by Gasteiger charge is -2.22. The van der Waals surface area contributed by atoms with E-state index >= 15 is 0 Å². The van der Waals surface area contributed by atoms with Crippen molar-refractivity contribution < 1.29 is 14.4 Å². The largest absolute Gasteiger partial charge is 0.340 e. The molecule has 0 aliphatic heterocycles. The van der Waals surface area contributed by atoms with Crippen LogP contribution in [0.1, 0.15) is 52.9 Å².